The zero-order chi connectivity index (χ0) is 30.3. The van der Waals surface area contributed by atoms with Crippen LogP contribution >= 0.6 is 0 Å². The molecule has 2 saturated heterocycles. The molecule has 11 heteroatoms. The number of carbonyl (C=O) groups is 3. The molecule has 5 rings (SSSR count). The molecule has 0 radical (unpaired) electrons. The number of carbonyl (C=O) groups excluding carboxylic acids is 3. The van der Waals surface area contributed by atoms with Gasteiger partial charge >= 0.3 is 18.4 Å². The second-order valence-corrected chi connectivity index (χ2v) is 12.4. The average molecular weight is 588 g/mol. The summed E-state index contributed by atoms with van der Waals surface area (Å²) in [7, 11) is 0. The lowest BCUT2D eigenvalue weighted by molar-refractivity contribution is -0.274. The highest BCUT2D eigenvalue weighted by Gasteiger charge is 2.58. The first-order chi connectivity index (χ1) is 19.7. The van der Waals surface area contributed by atoms with Crippen LogP contribution in [0.5, 0.6) is 5.75 Å². The number of nitrogens with zero attached hydrogens (tertiary/aromatic N) is 3. The van der Waals surface area contributed by atoms with Crippen LogP contribution in [0, 0.1) is 5.92 Å². The number of halogens is 3. The van der Waals surface area contributed by atoms with Gasteiger partial charge in [-0.1, -0.05) is 24.3 Å². The molecular formula is C31H36F3N3O5. The molecule has 226 valence electrons. The first kappa shape index (κ1) is 29.7. The summed E-state index contributed by atoms with van der Waals surface area (Å²) < 4.78 is 47.2. The molecule has 3 amide bonds. The summed E-state index contributed by atoms with van der Waals surface area (Å²) in [5.41, 5.74) is 0.751. The average Bonchev–Trinajstić information content (AvgIpc) is 3.70. The number of hydrogen-bond donors (Lipinski definition) is 0. The maximum Gasteiger partial charge on any atom is 0.573 e. The Bertz CT molecular complexity index is 1330. The van der Waals surface area contributed by atoms with E-state index in [0.29, 0.717) is 44.0 Å². The van der Waals surface area contributed by atoms with E-state index in [0.717, 1.165) is 24.1 Å². The van der Waals surface area contributed by atoms with E-state index in [2.05, 4.69) is 9.64 Å². The molecular weight excluding hydrogens is 551 g/mol. The Labute approximate surface area is 243 Å². The van der Waals surface area contributed by atoms with Gasteiger partial charge in [0.2, 0.25) is 0 Å². The smallest absolute Gasteiger partial charge is 0.460 e. The summed E-state index contributed by atoms with van der Waals surface area (Å²) in [6, 6.07) is 12.7. The van der Waals surface area contributed by atoms with Gasteiger partial charge in [0.15, 0.2) is 0 Å². The molecule has 1 aliphatic carbocycles. The highest BCUT2D eigenvalue weighted by atomic mass is 19.4. The van der Waals surface area contributed by atoms with E-state index in [1.54, 1.807) is 4.90 Å². The summed E-state index contributed by atoms with van der Waals surface area (Å²) in [4.78, 5) is 44.9. The van der Waals surface area contributed by atoms with Crippen molar-refractivity contribution in [3.05, 3.63) is 59.7 Å². The number of imide groups is 1. The maximum absolute atomic E-state index is 13.8. The summed E-state index contributed by atoms with van der Waals surface area (Å²) in [6.07, 6.45) is -1.87. The number of benzene rings is 2. The van der Waals surface area contributed by atoms with Crippen molar-refractivity contribution in [2.24, 2.45) is 5.92 Å². The Morgan fingerprint density at radius 1 is 0.976 bits per heavy atom. The predicted octanol–water partition coefficient (Wildman–Crippen LogP) is 5.68. The minimum absolute atomic E-state index is 0.101. The highest BCUT2D eigenvalue weighted by Crippen LogP contribution is 2.42. The first-order valence-corrected chi connectivity index (χ1v) is 14.3. The molecule has 3 aliphatic rings. The van der Waals surface area contributed by atoms with Crippen molar-refractivity contribution >= 4 is 23.6 Å². The molecule has 2 aromatic carbocycles. The van der Waals surface area contributed by atoms with E-state index in [9.17, 15) is 27.6 Å². The molecule has 0 bridgehead atoms. The molecule has 0 N–H and O–H groups in total. The van der Waals surface area contributed by atoms with E-state index in [-0.39, 0.29) is 36.6 Å². The van der Waals surface area contributed by atoms with Crippen molar-refractivity contribution in [1.82, 2.24) is 9.80 Å². The van der Waals surface area contributed by atoms with Gasteiger partial charge in [0, 0.05) is 31.9 Å². The largest absolute Gasteiger partial charge is 0.573 e. The Kier molecular flexibility index (Phi) is 7.89. The van der Waals surface area contributed by atoms with Gasteiger partial charge in [0.25, 0.3) is 5.91 Å². The lowest BCUT2D eigenvalue weighted by Crippen LogP contribution is -2.56. The molecule has 2 aliphatic heterocycles. The number of anilines is 1. The number of piperidine rings is 1. The normalized spacial score (nSPS) is 19.0. The third-order valence-corrected chi connectivity index (χ3v) is 7.89. The van der Waals surface area contributed by atoms with Crippen molar-refractivity contribution in [2.75, 3.05) is 24.5 Å². The lowest BCUT2D eigenvalue weighted by atomic mass is 9.85. The highest BCUT2D eigenvalue weighted by molar-refractivity contribution is 6.07. The molecule has 42 heavy (non-hydrogen) atoms. The maximum atomic E-state index is 13.8. The number of ether oxygens (including phenoxy) is 2. The van der Waals surface area contributed by atoms with Crippen LogP contribution < -0.4 is 9.64 Å². The number of urea groups is 1. The topological polar surface area (TPSA) is 79.4 Å². The van der Waals surface area contributed by atoms with Gasteiger partial charge in [0.05, 0.1) is 6.42 Å². The van der Waals surface area contributed by atoms with Crippen LogP contribution in [0.2, 0.25) is 0 Å². The van der Waals surface area contributed by atoms with Crippen molar-refractivity contribution in [3.8, 4) is 5.75 Å². The van der Waals surface area contributed by atoms with Gasteiger partial charge in [0.1, 0.15) is 16.9 Å². The third kappa shape index (κ3) is 6.82. The summed E-state index contributed by atoms with van der Waals surface area (Å²) >= 11 is 0. The quantitative estimate of drug-likeness (QED) is 0.292. The van der Waals surface area contributed by atoms with E-state index in [1.807, 2.05) is 45.0 Å². The van der Waals surface area contributed by atoms with Crippen LogP contribution in [-0.4, -0.2) is 64.8 Å². The van der Waals surface area contributed by atoms with Crippen LogP contribution in [0.15, 0.2) is 48.5 Å². The Morgan fingerprint density at radius 3 is 2.24 bits per heavy atom. The number of rotatable bonds is 8. The SMILES string of the molecule is CC(C)(C)OC(=O)Cc1cccc(N2CCC3(CC2)C(=O)N(CC2CC2)C(=O)N3Cc2ccc(OC(F)(F)F)cc2)c1. The number of alkyl halides is 3. The zero-order valence-electron chi connectivity index (χ0n) is 24.1. The Hall–Kier alpha value is -3.76. The summed E-state index contributed by atoms with van der Waals surface area (Å²) in [5, 5.41) is 0. The van der Waals surface area contributed by atoms with Gasteiger partial charge in [-0.25, -0.2) is 4.79 Å². The molecule has 8 nitrogen and oxygen atoms in total. The second-order valence-electron chi connectivity index (χ2n) is 12.4. The fourth-order valence-corrected chi connectivity index (χ4v) is 5.73. The molecule has 1 saturated carbocycles. The van der Waals surface area contributed by atoms with E-state index < -0.39 is 17.5 Å². The van der Waals surface area contributed by atoms with Crippen LogP contribution in [0.3, 0.4) is 0 Å². The monoisotopic (exact) mass is 587 g/mol. The minimum Gasteiger partial charge on any atom is -0.460 e. The lowest BCUT2D eigenvalue weighted by Gasteiger charge is -2.43. The number of amides is 3. The van der Waals surface area contributed by atoms with Crippen molar-refractivity contribution in [3.63, 3.8) is 0 Å². The first-order valence-electron chi connectivity index (χ1n) is 14.3. The standard InChI is InChI=1S/C31H36F3N3O5/c1-29(2,3)42-26(38)18-23-5-4-6-24(17-23)35-15-13-30(14-16-35)27(39)36(19-21-7-8-21)28(40)37(30)20-22-9-11-25(12-10-22)41-31(32,33)34/h4-6,9-12,17,21H,7-8,13-16,18-20H2,1-3H3. The van der Waals surface area contributed by atoms with E-state index in [1.165, 1.54) is 29.2 Å². The van der Waals surface area contributed by atoms with Crippen LogP contribution in [0.1, 0.15) is 57.6 Å². The summed E-state index contributed by atoms with van der Waals surface area (Å²) in [5.74, 6) is -0.532. The summed E-state index contributed by atoms with van der Waals surface area (Å²) in [6.45, 7) is 7.00. The Morgan fingerprint density at radius 2 is 1.64 bits per heavy atom. The second kappa shape index (κ2) is 11.1. The molecule has 2 heterocycles. The van der Waals surface area contributed by atoms with Gasteiger partial charge in [-0.05, 0) is 87.8 Å². The van der Waals surface area contributed by atoms with Crippen LogP contribution in [0.4, 0.5) is 23.7 Å². The van der Waals surface area contributed by atoms with E-state index >= 15 is 0 Å². The molecule has 3 fully saturated rings. The fourth-order valence-electron chi connectivity index (χ4n) is 5.73. The predicted molar refractivity (Wildman–Crippen MR) is 149 cm³/mol. The van der Waals surface area contributed by atoms with Crippen LogP contribution in [-0.2, 0) is 27.3 Å². The number of hydrogen-bond acceptors (Lipinski definition) is 6. The zero-order valence-corrected chi connectivity index (χ0v) is 24.1. The number of esters is 1. The minimum atomic E-state index is -4.80. The fraction of sp³-hybridized carbons (Fsp3) is 0.516. The molecule has 0 unspecified atom stereocenters. The molecule has 0 atom stereocenters. The van der Waals surface area contributed by atoms with Crippen molar-refractivity contribution < 1.29 is 37.0 Å². The molecule has 1 spiro atoms. The van der Waals surface area contributed by atoms with Gasteiger partial charge in [-0.3, -0.25) is 14.5 Å². The van der Waals surface area contributed by atoms with Gasteiger partial charge in [-0.2, -0.15) is 0 Å². The van der Waals surface area contributed by atoms with Crippen LogP contribution in [0.25, 0.3) is 0 Å². The van der Waals surface area contributed by atoms with Gasteiger partial charge < -0.3 is 19.3 Å². The van der Waals surface area contributed by atoms with Gasteiger partial charge in [-0.15, -0.1) is 13.2 Å². The van der Waals surface area contributed by atoms with E-state index in [4.69, 9.17) is 4.74 Å². The third-order valence-electron chi connectivity index (χ3n) is 7.89. The molecule has 0 aromatic heterocycles. The molecule has 2 aromatic rings. The van der Waals surface area contributed by atoms with Crippen molar-refractivity contribution in [2.45, 2.75) is 76.9 Å². The van der Waals surface area contributed by atoms with Crippen molar-refractivity contribution in [1.29, 1.82) is 0 Å². The Balaban J connectivity index is 1.31.